The van der Waals surface area contributed by atoms with Crippen LogP contribution in [-0.2, 0) is 27.2 Å². The molecule has 1 heterocycles. The summed E-state index contributed by atoms with van der Waals surface area (Å²) in [6.45, 7) is 2.25. The molecule has 29 heavy (non-hydrogen) atoms. The fourth-order valence-corrected chi connectivity index (χ4v) is 4.91. The fraction of sp³-hybridized carbons (Fsp3) is 0.409. The van der Waals surface area contributed by atoms with Crippen molar-refractivity contribution in [3.05, 3.63) is 51.9 Å². The molecular weight excluding hydrogens is 390 g/mol. The zero-order valence-corrected chi connectivity index (χ0v) is 17.2. The SMILES string of the molecule is CCCOC(=O)c1c(NC(=O)CCC(=O)O)sc2c1CCC(c1ccccc1)C2. The van der Waals surface area contributed by atoms with Crippen LogP contribution in [0.2, 0.25) is 0 Å². The molecule has 1 amide bonds. The maximum Gasteiger partial charge on any atom is 0.341 e. The maximum absolute atomic E-state index is 12.7. The van der Waals surface area contributed by atoms with E-state index in [4.69, 9.17) is 9.84 Å². The number of anilines is 1. The zero-order chi connectivity index (χ0) is 20.8. The Bertz CT molecular complexity index is 890. The Morgan fingerprint density at radius 2 is 1.97 bits per heavy atom. The van der Waals surface area contributed by atoms with E-state index in [-0.39, 0.29) is 12.8 Å². The topological polar surface area (TPSA) is 92.7 Å². The average Bonchev–Trinajstić information content (AvgIpc) is 3.08. The van der Waals surface area contributed by atoms with Gasteiger partial charge in [-0.15, -0.1) is 11.3 Å². The molecule has 0 saturated carbocycles. The largest absolute Gasteiger partial charge is 0.481 e. The quantitative estimate of drug-likeness (QED) is 0.624. The first-order valence-corrected chi connectivity index (χ1v) is 10.7. The van der Waals surface area contributed by atoms with Crippen molar-refractivity contribution in [3.63, 3.8) is 0 Å². The third-order valence-electron chi connectivity index (χ3n) is 5.00. The Morgan fingerprint density at radius 3 is 2.66 bits per heavy atom. The van der Waals surface area contributed by atoms with Crippen molar-refractivity contribution < 1.29 is 24.2 Å². The Morgan fingerprint density at radius 1 is 1.21 bits per heavy atom. The molecule has 154 valence electrons. The Labute approximate surface area is 173 Å². The lowest BCUT2D eigenvalue weighted by Crippen LogP contribution is -2.17. The van der Waals surface area contributed by atoms with Crippen LogP contribution in [0.25, 0.3) is 0 Å². The summed E-state index contributed by atoms with van der Waals surface area (Å²) in [6, 6.07) is 10.3. The van der Waals surface area contributed by atoms with E-state index in [0.717, 1.165) is 29.7 Å². The number of benzene rings is 1. The van der Waals surface area contributed by atoms with Gasteiger partial charge in [0.05, 0.1) is 18.6 Å². The molecule has 0 fully saturated rings. The number of fused-ring (bicyclic) bond motifs is 1. The summed E-state index contributed by atoms with van der Waals surface area (Å²) in [5.41, 5.74) is 2.67. The molecule has 1 aromatic heterocycles. The van der Waals surface area contributed by atoms with Crippen LogP contribution >= 0.6 is 11.3 Å². The van der Waals surface area contributed by atoms with Gasteiger partial charge in [0.2, 0.25) is 5.91 Å². The number of hydrogen-bond donors (Lipinski definition) is 2. The van der Waals surface area contributed by atoms with Gasteiger partial charge in [0.15, 0.2) is 0 Å². The molecular formula is C22H25NO5S. The van der Waals surface area contributed by atoms with E-state index in [0.29, 0.717) is 29.5 Å². The van der Waals surface area contributed by atoms with Crippen LogP contribution in [-0.4, -0.2) is 29.6 Å². The van der Waals surface area contributed by atoms with Gasteiger partial charge in [-0.3, -0.25) is 9.59 Å². The minimum atomic E-state index is -1.03. The van der Waals surface area contributed by atoms with E-state index in [1.54, 1.807) is 0 Å². The third-order valence-corrected chi connectivity index (χ3v) is 6.17. The molecule has 0 saturated heterocycles. The number of nitrogens with one attached hydrogen (secondary N) is 1. The van der Waals surface area contributed by atoms with E-state index < -0.39 is 17.8 Å². The molecule has 0 radical (unpaired) electrons. The molecule has 0 spiro atoms. The number of amides is 1. The Hall–Kier alpha value is -2.67. The lowest BCUT2D eigenvalue weighted by Gasteiger charge is -2.23. The highest BCUT2D eigenvalue weighted by Gasteiger charge is 2.30. The predicted octanol–water partition coefficient (Wildman–Crippen LogP) is 4.39. The second-order valence-corrected chi connectivity index (χ2v) is 8.24. The molecule has 6 nitrogen and oxygen atoms in total. The normalized spacial score (nSPS) is 15.4. The first-order chi connectivity index (χ1) is 14.0. The molecule has 0 aliphatic heterocycles. The van der Waals surface area contributed by atoms with Gasteiger partial charge in [0.25, 0.3) is 0 Å². The number of carboxylic acids is 1. The highest BCUT2D eigenvalue weighted by atomic mass is 32.1. The van der Waals surface area contributed by atoms with Crippen molar-refractivity contribution in [1.29, 1.82) is 0 Å². The smallest absolute Gasteiger partial charge is 0.341 e. The number of carbonyl (C=O) groups is 3. The van der Waals surface area contributed by atoms with Crippen LogP contribution < -0.4 is 5.32 Å². The van der Waals surface area contributed by atoms with Crippen molar-refractivity contribution >= 4 is 34.2 Å². The minimum absolute atomic E-state index is 0.131. The molecule has 1 aromatic carbocycles. The molecule has 1 atom stereocenters. The molecule has 2 N–H and O–H groups in total. The van der Waals surface area contributed by atoms with Gasteiger partial charge in [-0.2, -0.15) is 0 Å². The number of thiophene rings is 1. The fourth-order valence-electron chi connectivity index (χ4n) is 3.58. The van der Waals surface area contributed by atoms with Crippen LogP contribution in [0.1, 0.15) is 64.9 Å². The van der Waals surface area contributed by atoms with Crippen LogP contribution in [0.3, 0.4) is 0 Å². The third kappa shape index (κ3) is 5.23. The lowest BCUT2D eigenvalue weighted by molar-refractivity contribution is -0.138. The van der Waals surface area contributed by atoms with Gasteiger partial charge in [-0.25, -0.2) is 4.79 Å². The number of carbonyl (C=O) groups excluding carboxylic acids is 2. The average molecular weight is 416 g/mol. The molecule has 1 aliphatic rings. The summed E-state index contributed by atoms with van der Waals surface area (Å²) in [4.78, 5) is 36.7. The van der Waals surface area contributed by atoms with E-state index in [9.17, 15) is 14.4 Å². The van der Waals surface area contributed by atoms with Crippen LogP contribution in [0.15, 0.2) is 30.3 Å². The van der Waals surface area contributed by atoms with Crippen LogP contribution in [0, 0.1) is 0 Å². The van der Waals surface area contributed by atoms with Crippen LogP contribution in [0.5, 0.6) is 0 Å². The van der Waals surface area contributed by atoms with Gasteiger partial charge >= 0.3 is 11.9 Å². The van der Waals surface area contributed by atoms with Crippen molar-refractivity contribution in [3.8, 4) is 0 Å². The number of ether oxygens (including phenoxy) is 1. The molecule has 0 bridgehead atoms. The van der Waals surface area contributed by atoms with Crippen LogP contribution in [0.4, 0.5) is 5.00 Å². The van der Waals surface area contributed by atoms with Crippen molar-refractivity contribution in [2.75, 3.05) is 11.9 Å². The van der Waals surface area contributed by atoms with E-state index >= 15 is 0 Å². The van der Waals surface area contributed by atoms with Crippen molar-refractivity contribution in [2.45, 2.75) is 51.4 Å². The van der Waals surface area contributed by atoms with E-state index in [1.165, 1.54) is 16.9 Å². The van der Waals surface area contributed by atoms with Gasteiger partial charge in [0, 0.05) is 11.3 Å². The number of carboxylic acid groups (broad SMARTS) is 1. The Kier molecular flexibility index (Phi) is 7.04. The first-order valence-electron chi connectivity index (χ1n) is 9.87. The molecule has 2 aromatic rings. The number of aliphatic carboxylic acids is 1. The molecule has 7 heteroatoms. The lowest BCUT2D eigenvalue weighted by atomic mass is 9.83. The summed E-state index contributed by atoms with van der Waals surface area (Å²) in [6.07, 6.45) is 2.81. The number of rotatable bonds is 8. The summed E-state index contributed by atoms with van der Waals surface area (Å²) in [5.74, 6) is -1.48. The Balaban J connectivity index is 1.85. The van der Waals surface area contributed by atoms with E-state index in [1.807, 2.05) is 25.1 Å². The highest BCUT2D eigenvalue weighted by Crippen LogP contribution is 2.42. The molecule has 3 rings (SSSR count). The van der Waals surface area contributed by atoms with Gasteiger partial charge in [0.1, 0.15) is 5.00 Å². The van der Waals surface area contributed by atoms with Gasteiger partial charge in [-0.05, 0) is 42.7 Å². The number of hydrogen-bond acceptors (Lipinski definition) is 5. The summed E-state index contributed by atoms with van der Waals surface area (Å²) in [7, 11) is 0. The number of esters is 1. The monoisotopic (exact) mass is 415 g/mol. The van der Waals surface area contributed by atoms with Gasteiger partial charge < -0.3 is 15.2 Å². The van der Waals surface area contributed by atoms with Crippen molar-refractivity contribution in [2.24, 2.45) is 0 Å². The predicted molar refractivity (Wildman–Crippen MR) is 112 cm³/mol. The van der Waals surface area contributed by atoms with Gasteiger partial charge in [-0.1, -0.05) is 37.3 Å². The summed E-state index contributed by atoms with van der Waals surface area (Å²) >= 11 is 1.40. The second-order valence-electron chi connectivity index (χ2n) is 7.14. The maximum atomic E-state index is 12.7. The highest BCUT2D eigenvalue weighted by molar-refractivity contribution is 7.17. The van der Waals surface area contributed by atoms with Crippen molar-refractivity contribution in [1.82, 2.24) is 0 Å². The second kappa shape index (κ2) is 9.69. The minimum Gasteiger partial charge on any atom is -0.481 e. The zero-order valence-electron chi connectivity index (χ0n) is 16.4. The molecule has 1 aliphatic carbocycles. The van der Waals surface area contributed by atoms with E-state index in [2.05, 4.69) is 17.4 Å². The summed E-state index contributed by atoms with van der Waals surface area (Å²) < 4.78 is 5.36. The summed E-state index contributed by atoms with van der Waals surface area (Å²) in [5, 5.41) is 12.0. The first kappa shape index (κ1) is 21.0. The standard InChI is InChI=1S/C22H25NO5S/c1-2-12-28-22(27)20-16-9-8-15(14-6-4-3-5-7-14)13-17(16)29-21(20)23-18(24)10-11-19(25)26/h3-7,15H,2,8-13H2,1H3,(H,23,24)(H,25,26). The molecule has 1 unspecified atom stereocenters.